The van der Waals surface area contributed by atoms with Crippen LogP contribution in [0.2, 0.25) is 0 Å². The Morgan fingerprint density at radius 3 is 2.64 bits per heavy atom. The van der Waals surface area contributed by atoms with Gasteiger partial charge in [0.25, 0.3) is 0 Å². The summed E-state index contributed by atoms with van der Waals surface area (Å²) < 4.78 is 18.2. The molecule has 0 aromatic heterocycles. The monoisotopic (exact) mass is 197 g/mol. The highest BCUT2D eigenvalue weighted by molar-refractivity contribution is 5.28. The van der Waals surface area contributed by atoms with E-state index in [0.717, 1.165) is 5.56 Å². The SMILES string of the molecule is COCC(C)(N)c1ccc(C)c(F)c1. The van der Waals surface area contributed by atoms with Crippen LogP contribution in [0, 0.1) is 12.7 Å². The van der Waals surface area contributed by atoms with Gasteiger partial charge < -0.3 is 10.5 Å². The van der Waals surface area contributed by atoms with E-state index in [-0.39, 0.29) is 5.82 Å². The van der Waals surface area contributed by atoms with Crippen LogP contribution in [0.5, 0.6) is 0 Å². The molecule has 1 aromatic rings. The summed E-state index contributed by atoms with van der Waals surface area (Å²) in [5, 5.41) is 0. The van der Waals surface area contributed by atoms with E-state index >= 15 is 0 Å². The van der Waals surface area contributed by atoms with Crippen LogP contribution in [0.1, 0.15) is 18.1 Å². The molecule has 0 radical (unpaired) electrons. The Bertz CT molecular complexity index is 323. The van der Waals surface area contributed by atoms with E-state index in [4.69, 9.17) is 10.5 Å². The molecule has 78 valence electrons. The highest BCUT2D eigenvalue weighted by atomic mass is 19.1. The van der Waals surface area contributed by atoms with Crippen molar-refractivity contribution in [3.8, 4) is 0 Å². The third kappa shape index (κ3) is 2.30. The van der Waals surface area contributed by atoms with E-state index in [2.05, 4.69) is 0 Å². The molecule has 1 atom stereocenters. The summed E-state index contributed by atoms with van der Waals surface area (Å²) in [6.45, 7) is 3.92. The van der Waals surface area contributed by atoms with Crippen molar-refractivity contribution in [2.75, 3.05) is 13.7 Å². The minimum Gasteiger partial charge on any atom is -0.382 e. The standard InChI is InChI=1S/C11H16FNO/c1-8-4-5-9(6-10(8)12)11(2,13)7-14-3/h4-6H,7,13H2,1-3H3. The molecule has 3 heteroatoms. The van der Waals surface area contributed by atoms with Crippen LogP contribution in [0.15, 0.2) is 18.2 Å². The summed E-state index contributed by atoms with van der Waals surface area (Å²) in [5.74, 6) is -0.227. The van der Waals surface area contributed by atoms with Crippen LogP contribution in [0.3, 0.4) is 0 Å². The second-order valence-electron chi connectivity index (χ2n) is 3.81. The van der Waals surface area contributed by atoms with Gasteiger partial charge in [-0.25, -0.2) is 4.39 Å². The lowest BCUT2D eigenvalue weighted by atomic mass is 9.93. The van der Waals surface area contributed by atoms with Crippen molar-refractivity contribution >= 4 is 0 Å². The number of methoxy groups -OCH3 is 1. The van der Waals surface area contributed by atoms with Gasteiger partial charge in [-0.05, 0) is 31.0 Å². The lowest BCUT2D eigenvalue weighted by Crippen LogP contribution is -2.37. The fourth-order valence-electron chi connectivity index (χ4n) is 1.33. The maximum atomic E-state index is 13.3. The minimum absolute atomic E-state index is 0.227. The zero-order valence-electron chi connectivity index (χ0n) is 8.80. The van der Waals surface area contributed by atoms with Gasteiger partial charge in [-0.3, -0.25) is 0 Å². The summed E-state index contributed by atoms with van der Waals surface area (Å²) in [6, 6.07) is 5.03. The first-order valence-corrected chi connectivity index (χ1v) is 4.52. The smallest absolute Gasteiger partial charge is 0.126 e. The molecular formula is C11H16FNO. The molecular weight excluding hydrogens is 181 g/mol. The first-order chi connectivity index (χ1) is 6.47. The lowest BCUT2D eigenvalue weighted by Gasteiger charge is -2.24. The van der Waals surface area contributed by atoms with Crippen molar-refractivity contribution in [3.05, 3.63) is 35.1 Å². The summed E-state index contributed by atoms with van der Waals surface area (Å²) in [7, 11) is 1.58. The molecule has 0 bridgehead atoms. The fraction of sp³-hybridized carbons (Fsp3) is 0.455. The topological polar surface area (TPSA) is 35.2 Å². The molecule has 0 spiro atoms. The number of ether oxygens (including phenoxy) is 1. The van der Waals surface area contributed by atoms with E-state index in [1.165, 1.54) is 6.07 Å². The molecule has 0 heterocycles. The van der Waals surface area contributed by atoms with Crippen molar-refractivity contribution in [2.24, 2.45) is 5.73 Å². The number of rotatable bonds is 3. The molecule has 14 heavy (non-hydrogen) atoms. The Morgan fingerprint density at radius 1 is 1.50 bits per heavy atom. The van der Waals surface area contributed by atoms with Crippen molar-refractivity contribution in [1.82, 2.24) is 0 Å². The fourth-order valence-corrected chi connectivity index (χ4v) is 1.33. The van der Waals surface area contributed by atoms with Crippen LogP contribution < -0.4 is 5.73 Å². The van der Waals surface area contributed by atoms with Crippen molar-refractivity contribution in [1.29, 1.82) is 0 Å². The summed E-state index contributed by atoms with van der Waals surface area (Å²) in [4.78, 5) is 0. The average molecular weight is 197 g/mol. The lowest BCUT2D eigenvalue weighted by molar-refractivity contribution is 0.141. The van der Waals surface area contributed by atoms with Gasteiger partial charge in [0, 0.05) is 7.11 Å². The van der Waals surface area contributed by atoms with E-state index in [1.54, 1.807) is 20.1 Å². The van der Waals surface area contributed by atoms with Crippen LogP contribution in [-0.2, 0) is 10.3 Å². The van der Waals surface area contributed by atoms with Gasteiger partial charge in [-0.15, -0.1) is 0 Å². The summed E-state index contributed by atoms with van der Waals surface area (Å²) >= 11 is 0. The normalized spacial score (nSPS) is 15.2. The molecule has 0 aliphatic rings. The molecule has 0 saturated heterocycles. The van der Waals surface area contributed by atoms with Gasteiger partial charge in [0.1, 0.15) is 5.82 Å². The molecule has 2 nitrogen and oxygen atoms in total. The zero-order valence-corrected chi connectivity index (χ0v) is 8.80. The first-order valence-electron chi connectivity index (χ1n) is 4.52. The highest BCUT2D eigenvalue weighted by Gasteiger charge is 2.21. The predicted octanol–water partition coefficient (Wildman–Crippen LogP) is 1.95. The quantitative estimate of drug-likeness (QED) is 0.803. The number of aryl methyl sites for hydroxylation is 1. The first kappa shape index (κ1) is 11.1. The molecule has 0 saturated carbocycles. The molecule has 0 amide bonds. The second-order valence-corrected chi connectivity index (χ2v) is 3.81. The number of benzene rings is 1. The van der Waals surface area contributed by atoms with Gasteiger partial charge in [0.15, 0.2) is 0 Å². The summed E-state index contributed by atoms with van der Waals surface area (Å²) in [5.41, 5.74) is 6.72. The number of hydrogen-bond donors (Lipinski definition) is 1. The third-order valence-electron chi connectivity index (χ3n) is 2.28. The Labute approximate surface area is 83.9 Å². The van der Waals surface area contributed by atoms with Gasteiger partial charge in [-0.2, -0.15) is 0 Å². The largest absolute Gasteiger partial charge is 0.382 e. The third-order valence-corrected chi connectivity index (χ3v) is 2.28. The van der Waals surface area contributed by atoms with Gasteiger partial charge in [-0.1, -0.05) is 12.1 Å². The van der Waals surface area contributed by atoms with Crippen molar-refractivity contribution in [3.63, 3.8) is 0 Å². The van der Waals surface area contributed by atoms with Gasteiger partial charge in [0.2, 0.25) is 0 Å². The van der Waals surface area contributed by atoms with Gasteiger partial charge in [0.05, 0.1) is 12.1 Å². The Hall–Kier alpha value is -0.930. The van der Waals surface area contributed by atoms with E-state index in [9.17, 15) is 4.39 Å². The zero-order chi connectivity index (χ0) is 10.8. The van der Waals surface area contributed by atoms with E-state index in [0.29, 0.717) is 12.2 Å². The Kier molecular flexibility index (Phi) is 3.24. The molecule has 0 aliphatic heterocycles. The molecule has 2 N–H and O–H groups in total. The maximum Gasteiger partial charge on any atom is 0.126 e. The molecule has 1 aromatic carbocycles. The van der Waals surface area contributed by atoms with Crippen LogP contribution in [0.25, 0.3) is 0 Å². The Balaban J connectivity index is 3.01. The average Bonchev–Trinajstić information content (AvgIpc) is 2.09. The number of nitrogens with two attached hydrogens (primary N) is 1. The van der Waals surface area contributed by atoms with Crippen molar-refractivity contribution in [2.45, 2.75) is 19.4 Å². The minimum atomic E-state index is -0.636. The van der Waals surface area contributed by atoms with Gasteiger partial charge >= 0.3 is 0 Å². The van der Waals surface area contributed by atoms with E-state index < -0.39 is 5.54 Å². The van der Waals surface area contributed by atoms with Crippen LogP contribution >= 0.6 is 0 Å². The van der Waals surface area contributed by atoms with Crippen molar-refractivity contribution < 1.29 is 9.13 Å². The Morgan fingerprint density at radius 2 is 2.14 bits per heavy atom. The van der Waals surface area contributed by atoms with E-state index in [1.807, 2.05) is 13.0 Å². The molecule has 0 aliphatic carbocycles. The second kappa shape index (κ2) is 4.07. The predicted molar refractivity (Wildman–Crippen MR) is 54.6 cm³/mol. The molecule has 0 fully saturated rings. The number of halogens is 1. The highest BCUT2D eigenvalue weighted by Crippen LogP contribution is 2.20. The summed E-state index contributed by atoms with van der Waals surface area (Å²) in [6.07, 6.45) is 0. The maximum absolute atomic E-state index is 13.3. The van der Waals surface area contributed by atoms with Crippen LogP contribution in [0.4, 0.5) is 4.39 Å². The molecule has 1 unspecified atom stereocenters. The van der Waals surface area contributed by atoms with Crippen LogP contribution in [-0.4, -0.2) is 13.7 Å². The number of hydrogen-bond acceptors (Lipinski definition) is 2. The molecule has 1 rings (SSSR count).